The molecule has 0 atom stereocenters. The Balaban J connectivity index is 1.80. The van der Waals surface area contributed by atoms with Crippen LogP contribution in [-0.4, -0.2) is 30.9 Å². The van der Waals surface area contributed by atoms with Crippen LogP contribution in [0.2, 0.25) is 0 Å². The Morgan fingerprint density at radius 3 is 2.14 bits per heavy atom. The number of anilines is 1. The maximum Gasteiger partial charge on any atom is 0.344 e. The van der Waals surface area contributed by atoms with Gasteiger partial charge in [0.2, 0.25) is 5.91 Å². The predicted molar refractivity (Wildman–Crippen MR) is 106 cm³/mol. The number of ketones is 1. The van der Waals surface area contributed by atoms with Crippen molar-refractivity contribution in [2.75, 3.05) is 18.5 Å². The van der Waals surface area contributed by atoms with Gasteiger partial charge in [-0.05, 0) is 48.5 Å². The van der Waals surface area contributed by atoms with E-state index in [-0.39, 0.29) is 18.3 Å². The number of amides is 1. The molecule has 0 bridgehead atoms. The number of nitriles is 1. The summed E-state index contributed by atoms with van der Waals surface area (Å²) < 4.78 is 10.2. The maximum atomic E-state index is 12.2. The molecule has 1 amide bonds. The van der Waals surface area contributed by atoms with Gasteiger partial charge < -0.3 is 14.8 Å². The van der Waals surface area contributed by atoms with Crippen molar-refractivity contribution in [1.82, 2.24) is 0 Å². The van der Waals surface area contributed by atoms with Gasteiger partial charge in [-0.2, -0.15) is 5.26 Å². The molecule has 2 aromatic rings. The highest BCUT2D eigenvalue weighted by atomic mass is 16.6. The molecule has 150 valence electrons. The molecule has 0 radical (unpaired) electrons. The van der Waals surface area contributed by atoms with E-state index in [0.29, 0.717) is 22.6 Å². The van der Waals surface area contributed by atoms with Gasteiger partial charge in [0.25, 0.3) is 0 Å². The second-order valence-electron chi connectivity index (χ2n) is 7.29. The Morgan fingerprint density at radius 2 is 1.59 bits per heavy atom. The van der Waals surface area contributed by atoms with Crippen molar-refractivity contribution in [2.24, 2.45) is 5.41 Å². The monoisotopic (exact) mass is 394 g/mol. The average Bonchev–Trinajstić information content (AvgIpc) is 2.70. The summed E-state index contributed by atoms with van der Waals surface area (Å²) in [6.45, 7) is 4.65. The lowest BCUT2D eigenvalue weighted by atomic mass is 9.95. The Hall–Kier alpha value is -3.66. The van der Waals surface area contributed by atoms with E-state index < -0.39 is 18.0 Å². The summed E-state index contributed by atoms with van der Waals surface area (Å²) in [5, 5.41) is 11.5. The SMILES string of the molecule is CC(C)(C)C(=O)Nc1ccc(C(=O)COC(=O)COc2ccc(C#N)cc2)cc1. The fraction of sp³-hybridized carbons (Fsp3) is 0.273. The van der Waals surface area contributed by atoms with E-state index in [1.165, 1.54) is 0 Å². The quantitative estimate of drug-likeness (QED) is 0.570. The summed E-state index contributed by atoms with van der Waals surface area (Å²) in [5.74, 6) is -0.768. The summed E-state index contributed by atoms with van der Waals surface area (Å²) in [7, 11) is 0. The third-order valence-corrected chi connectivity index (χ3v) is 3.85. The number of ether oxygens (including phenoxy) is 2. The van der Waals surface area contributed by atoms with Crippen LogP contribution >= 0.6 is 0 Å². The highest BCUT2D eigenvalue weighted by Gasteiger charge is 2.21. The largest absolute Gasteiger partial charge is 0.482 e. The van der Waals surface area contributed by atoms with Gasteiger partial charge in [-0.15, -0.1) is 0 Å². The number of rotatable bonds is 7. The molecular formula is C22H22N2O5. The van der Waals surface area contributed by atoms with Gasteiger partial charge >= 0.3 is 5.97 Å². The Labute approximate surface area is 169 Å². The van der Waals surface area contributed by atoms with Crippen LogP contribution in [0.25, 0.3) is 0 Å². The molecule has 0 aromatic heterocycles. The summed E-state index contributed by atoms with van der Waals surface area (Å²) >= 11 is 0. The summed E-state index contributed by atoms with van der Waals surface area (Å²) in [6, 6.07) is 14.6. The number of nitrogens with one attached hydrogen (secondary N) is 1. The molecule has 2 aromatic carbocycles. The molecular weight excluding hydrogens is 372 g/mol. The standard InChI is InChI=1S/C22H22N2O5/c1-22(2,3)21(27)24-17-8-6-16(7-9-17)19(25)13-29-20(26)14-28-18-10-4-15(12-23)5-11-18/h4-11H,13-14H2,1-3H3,(H,24,27). The number of carbonyl (C=O) groups is 3. The average molecular weight is 394 g/mol. The highest BCUT2D eigenvalue weighted by molar-refractivity contribution is 5.99. The molecule has 0 saturated carbocycles. The first-order chi connectivity index (χ1) is 13.7. The van der Waals surface area contributed by atoms with Crippen molar-refractivity contribution in [1.29, 1.82) is 5.26 Å². The molecule has 7 nitrogen and oxygen atoms in total. The molecule has 0 spiro atoms. The fourth-order valence-electron chi connectivity index (χ4n) is 2.10. The van der Waals surface area contributed by atoms with E-state index in [1.54, 1.807) is 69.3 Å². The first-order valence-electron chi connectivity index (χ1n) is 8.92. The summed E-state index contributed by atoms with van der Waals surface area (Å²) in [6.07, 6.45) is 0. The van der Waals surface area contributed by atoms with Gasteiger partial charge in [-0.3, -0.25) is 9.59 Å². The maximum absolute atomic E-state index is 12.2. The molecule has 7 heteroatoms. The van der Waals surface area contributed by atoms with Gasteiger partial charge in [0.15, 0.2) is 19.0 Å². The molecule has 0 fully saturated rings. The first kappa shape index (κ1) is 21.6. The van der Waals surface area contributed by atoms with E-state index in [4.69, 9.17) is 14.7 Å². The number of esters is 1. The number of hydrogen-bond donors (Lipinski definition) is 1. The summed E-state index contributed by atoms with van der Waals surface area (Å²) in [5.41, 5.74) is 0.895. The second-order valence-corrected chi connectivity index (χ2v) is 7.29. The smallest absolute Gasteiger partial charge is 0.344 e. The molecule has 29 heavy (non-hydrogen) atoms. The van der Waals surface area contributed by atoms with Crippen LogP contribution in [0.3, 0.4) is 0 Å². The fourth-order valence-corrected chi connectivity index (χ4v) is 2.10. The number of Topliss-reactive ketones (excluding diaryl/α,β-unsaturated/α-hetero) is 1. The number of hydrogen-bond acceptors (Lipinski definition) is 6. The second kappa shape index (κ2) is 9.51. The van der Waals surface area contributed by atoms with Crippen molar-refractivity contribution in [3.63, 3.8) is 0 Å². The van der Waals surface area contributed by atoms with Gasteiger partial charge in [0, 0.05) is 16.7 Å². The van der Waals surface area contributed by atoms with Crippen LogP contribution in [0.1, 0.15) is 36.7 Å². The molecule has 0 unspecified atom stereocenters. The van der Waals surface area contributed by atoms with Gasteiger partial charge in [-0.25, -0.2) is 4.79 Å². The lowest BCUT2D eigenvalue weighted by Gasteiger charge is -2.17. The molecule has 1 N–H and O–H groups in total. The van der Waals surface area contributed by atoms with Crippen LogP contribution in [0, 0.1) is 16.7 Å². The van der Waals surface area contributed by atoms with Crippen LogP contribution in [0.15, 0.2) is 48.5 Å². The minimum absolute atomic E-state index is 0.132. The Kier molecular flexibility index (Phi) is 7.10. The minimum atomic E-state index is -0.684. The van der Waals surface area contributed by atoms with Crippen molar-refractivity contribution in [2.45, 2.75) is 20.8 Å². The lowest BCUT2D eigenvalue weighted by Crippen LogP contribution is -2.27. The van der Waals surface area contributed by atoms with E-state index in [9.17, 15) is 14.4 Å². The number of benzene rings is 2. The zero-order chi connectivity index (χ0) is 21.4. The Morgan fingerprint density at radius 1 is 0.966 bits per heavy atom. The van der Waals surface area contributed by atoms with Crippen molar-refractivity contribution >= 4 is 23.3 Å². The van der Waals surface area contributed by atoms with E-state index in [2.05, 4.69) is 5.32 Å². The molecule has 2 rings (SSSR count). The van der Waals surface area contributed by atoms with E-state index in [1.807, 2.05) is 6.07 Å². The van der Waals surface area contributed by atoms with E-state index in [0.717, 1.165) is 0 Å². The third-order valence-electron chi connectivity index (χ3n) is 3.85. The molecule has 0 aliphatic carbocycles. The third kappa shape index (κ3) is 6.78. The van der Waals surface area contributed by atoms with Crippen LogP contribution in [0.4, 0.5) is 5.69 Å². The van der Waals surface area contributed by atoms with Crippen molar-refractivity contribution < 1.29 is 23.9 Å². The van der Waals surface area contributed by atoms with Crippen LogP contribution < -0.4 is 10.1 Å². The molecule has 0 heterocycles. The van der Waals surface area contributed by atoms with Gasteiger partial charge in [0.05, 0.1) is 11.6 Å². The first-order valence-corrected chi connectivity index (χ1v) is 8.92. The van der Waals surface area contributed by atoms with Crippen LogP contribution in [-0.2, 0) is 14.3 Å². The molecule has 0 aliphatic heterocycles. The topological polar surface area (TPSA) is 105 Å². The minimum Gasteiger partial charge on any atom is -0.482 e. The number of nitrogens with zero attached hydrogens (tertiary/aromatic N) is 1. The lowest BCUT2D eigenvalue weighted by molar-refractivity contribution is -0.144. The number of carbonyl (C=O) groups excluding carboxylic acids is 3. The Bertz CT molecular complexity index is 920. The van der Waals surface area contributed by atoms with Crippen molar-refractivity contribution in [3.8, 4) is 11.8 Å². The molecule has 0 saturated heterocycles. The van der Waals surface area contributed by atoms with Crippen LogP contribution in [0.5, 0.6) is 5.75 Å². The molecule has 0 aliphatic rings. The summed E-state index contributed by atoms with van der Waals surface area (Å²) in [4.78, 5) is 35.9. The van der Waals surface area contributed by atoms with Gasteiger partial charge in [0.1, 0.15) is 5.75 Å². The van der Waals surface area contributed by atoms with E-state index >= 15 is 0 Å². The van der Waals surface area contributed by atoms with Crippen molar-refractivity contribution in [3.05, 3.63) is 59.7 Å². The highest BCUT2D eigenvalue weighted by Crippen LogP contribution is 2.18. The predicted octanol–water partition coefficient (Wildman–Crippen LogP) is 3.35. The zero-order valence-electron chi connectivity index (χ0n) is 16.5. The van der Waals surface area contributed by atoms with Gasteiger partial charge in [-0.1, -0.05) is 20.8 Å². The normalized spacial score (nSPS) is 10.6. The zero-order valence-corrected chi connectivity index (χ0v) is 16.5.